The summed E-state index contributed by atoms with van der Waals surface area (Å²) in [4.78, 5) is 0. The molecule has 0 aliphatic rings. The molecule has 0 aromatic heterocycles. The molecule has 1 aromatic carbocycles. The summed E-state index contributed by atoms with van der Waals surface area (Å²) in [6.45, 7) is 2.14. The van der Waals surface area contributed by atoms with Crippen LogP contribution in [0.2, 0.25) is 0 Å². The van der Waals surface area contributed by atoms with Crippen molar-refractivity contribution in [3.05, 3.63) is 28.8 Å². The number of rotatable bonds is 1. The molecule has 108 valence electrons. The Kier molecular flexibility index (Phi) is 3.51. The predicted octanol–water partition coefficient (Wildman–Crippen LogP) is 4.18. The van der Waals surface area contributed by atoms with Crippen molar-refractivity contribution in [3.8, 4) is 0 Å². The van der Waals surface area contributed by atoms with Crippen LogP contribution >= 0.6 is 0 Å². The standard InChI is InChI=1S/C11H10F7N/c1-5-4-8(19)6(2)3-7(5)9(12,10(13,14)15)11(16,17)18/h3-4H,19H2,1-2H3. The molecule has 19 heavy (non-hydrogen) atoms. The number of hydrogen-bond acceptors (Lipinski definition) is 1. The Bertz CT molecular complexity index is 473. The van der Waals surface area contributed by atoms with Gasteiger partial charge in [-0.15, -0.1) is 0 Å². The number of nitrogen functional groups attached to an aromatic ring is 1. The molecule has 1 nitrogen and oxygen atoms in total. The van der Waals surface area contributed by atoms with Crippen LogP contribution in [0.3, 0.4) is 0 Å². The monoisotopic (exact) mass is 289 g/mol. The van der Waals surface area contributed by atoms with Crippen LogP contribution in [0, 0.1) is 13.8 Å². The topological polar surface area (TPSA) is 26.0 Å². The second kappa shape index (κ2) is 4.28. The maximum Gasteiger partial charge on any atom is 0.435 e. The van der Waals surface area contributed by atoms with E-state index < -0.39 is 29.1 Å². The molecule has 0 atom stereocenters. The van der Waals surface area contributed by atoms with Crippen molar-refractivity contribution < 1.29 is 30.7 Å². The summed E-state index contributed by atoms with van der Waals surface area (Å²) in [5.41, 5.74) is -2.11. The predicted molar refractivity (Wildman–Crippen MR) is 55.2 cm³/mol. The lowest BCUT2D eigenvalue weighted by Gasteiger charge is -2.31. The fraction of sp³-hybridized carbons (Fsp3) is 0.455. The van der Waals surface area contributed by atoms with Crippen LogP contribution in [0.4, 0.5) is 36.4 Å². The van der Waals surface area contributed by atoms with Gasteiger partial charge in [-0.1, -0.05) is 0 Å². The van der Waals surface area contributed by atoms with E-state index in [-0.39, 0.29) is 11.3 Å². The van der Waals surface area contributed by atoms with E-state index in [4.69, 9.17) is 5.73 Å². The van der Waals surface area contributed by atoms with E-state index in [0.29, 0.717) is 6.07 Å². The first-order chi connectivity index (χ1) is 8.32. The van der Waals surface area contributed by atoms with Crippen LogP contribution in [-0.4, -0.2) is 12.4 Å². The maximum atomic E-state index is 13.8. The first-order valence-corrected chi connectivity index (χ1v) is 5.02. The third-order valence-corrected chi connectivity index (χ3v) is 2.77. The number of anilines is 1. The van der Waals surface area contributed by atoms with Crippen molar-refractivity contribution in [2.75, 3.05) is 5.73 Å². The highest BCUT2D eigenvalue weighted by Crippen LogP contribution is 2.54. The minimum absolute atomic E-state index is 0.00653. The van der Waals surface area contributed by atoms with Gasteiger partial charge in [0.25, 0.3) is 0 Å². The minimum atomic E-state index is -6.11. The molecule has 0 aliphatic carbocycles. The van der Waals surface area contributed by atoms with Gasteiger partial charge in [-0.2, -0.15) is 26.3 Å². The third kappa shape index (κ3) is 2.35. The lowest BCUT2D eigenvalue weighted by Crippen LogP contribution is -2.50. The van der Waals surface area contributed by atoms with Crippen LogP contribution in [0.5, 0.6) is 0 Å². The van der Waals surface area contributed by atoms with Crippen LogP contribution < -0.4 is 5.73 Å². The highest BCUT2D eigenvalue weighted by Gasteiger charge is 2.73. The molecule has 0 heterocycles. The zero-order valence-electron chi connectivity index (χ0n) is 9.88. The molecule has 0 amide bonds. The van der Waals surface area contributed by atoms with Crippen LogP contribution in [-0.2, 0) is 5.67 Å². The van der Waals surface area contributed by atoms with Crippen molar-refractivity contribution in [1.82, 2.24) is 0 Å². The average Bonchev–Trinajstić information content (AvgIpc) is 2.19. The average molecular weight is 289 g/mol. The number of nitrogens with two attached hydrogens (primary N) is 1. The number of benzene rings is 1. The Labute approximate surface area is 104 Å². The highest BCUT2D eigenvalue weighted by atomic mass is 19.4. The second-order valence-corrected chi connectivity index (χ2v) is 4.18. The Hall–Kier alpha value is -1.47. The van der Waals surface area contributed by atoms with E-state index in [0.717, 1.165) is 13.0 Å². The van der Waals surface area contributed by atoms with Gasteiger partial charge >= 0.3 is 18.0 Å². The van der Waals surface area contributed by atoms with Gasteiger partial charge in [0.2, 0.25) is 0 Å². The molecule has 0 saturated heterocycles. The van der Waals surface area contributed by atoms with Gasteiger partial charge in [-0.25, -0.2) is 4.39 Å². The molecule has 2 N–H and O–H groups in total. The summed E-state index contributed by atoms with van der Waals surface area (Å²) in [6, 6.07) is 1.36. The van der Waals surface area contributed by atoms with Crippen LogP contribution in [0.1, 0.15) is 16.7 Å². The van der Waals surface area contributed by atoms with E-state index in [1.165, 1.54) is 6.92 Å². The second-order valence-electron chi connectivity index (χ2n) is 4.18. The zero-order chi connectivity index (χ0) is 15.2. The van der Waals surface area contributed by atoms with Gasteiger partial charge in [0.1, 0.15) is 0 Å². The van der Waals surface area contributed by atoms with E-state index in [9.17, 15) is 30.7 Å². The van der Waals surface area contributed by atoms with E-state index >= 15 is 0 Å². The molecular formula is C11H10F7N. The molecule has 8 heteroatoms. The molecule has 0 fully saturated rings. The molecule has 1 rings (SSSR count). The van der Waals surface area contributed by atoms with E-state index in [2.05, 4.69) is 0 Å². The van der Waals surface area contributed by atoms with Crippen molar-refractivity contribution in [3.63, 3.8) is 0 Å². The summed E-state index contributed by atoms with van der Waals surface area (Å²) >= 11 is 0. The van der Waals surface area contributed by atoms with Gasteiger partial charge in [0.05, 0.1) is 0 Å². The van der Waals surface area contributed by atoms with Crippen molar-refractivity contribution in [1.29, 1.82) is 0 Å². The molecule has 0 aliphatic heterocycles. The summed E-state index contributed by atoms with van der Waals surface area (Å²) < 4.78 is 89.3. The number of halogens is 7. The third-order valence-electron chi connectivity index (χ3n) is 2.77. The first kappa shape index (κ1) is 15.6. The van der Waals surface area contributed by atoms with E-state index in [1.54, 1.807) is 0 Å². The summed E-state index contributed by atoms with van der Waals surface area (Å²) in [6.07, 6.45) is -12.2. The fourth-order valence-corrected chi connectivity index (χ4v) is 1.68. The Morgan fingerprint density at radius 3 is 1.58 bits per heavy atom. The smallest absolute Gasteiger partial charge is 0.399 e. The van der Waals surface area contributed by atoms with Crippen LogP contribution in [0.15, 0.2) is 12.1 Å². The molecule has 0 spiro atoms. The summed E-state index contributed by atoms with van der Waals surface area (Å²) in [7, 11) is 0. The fourth-order valence-electron chi connectivity index (χ4n) is 1.68. The number of hydrogen-bond donors (Lipinski definition) is 1. The van der Waals surface area contributed by atoms with Crippen LogP contribution in [0.25, 0.3) is 0 Å². The zero-order valence-corrected chi connectivity index (χ0v) is 9.88. The minimum Gasteiger partial charge on any atom is -0.399 e. The van der Waals surface area contributed by atoms with Crippen molar-refractivity contribution in [2.24, 2.45) is 0 Å². The Morgan fingerprint density at radius 2 is 1.21 bits per heavy atom. The summed E-state index contributed by atoms with van der Waals surface area (Å²) in [5.74, 6) is 0. The Morgan fingerprint density at radius 1 is 0.789 bits per heavy atom. The molecule has 0 radical (unpaired) electrons. The van der Waals surface area contributed by atoms with Gasteiger partial charge in [0.15, 0.2) is 0 Å². The molecule has 0 unspecified atom stereocenters. The Balaban J connectivity index is 3.66. The largest absolute Gasteiger partial charge is 0.435 e. The molecule has 0 saturated carbocycles. The van der Waals surface area contributed by atoms with Gasteiger partial charge in [-0.05, 0) is 37.1 Å². The highest BCUT2D eigenvalue weighted by molar-refractivity contribution is 5.53. The molecular weight excluding hydrogens is 279 g/mol. The lowest BCUT2D eigenvalue weighted by molar-refractivity contribution is -0.348. The normalized spacial score (nSPS) is 13.7. The SMILES string of the molecule is Cc1cc(C(F)(C(F)(F)F)C(F)(F)F)c(C)cc1N. The quantitative estimate of drug-likeness (QED) is 0.609. The number of aryl methyl sites for hydroxylation is 2. The van der Waals surface area contributed by atoms with Crippen molar-refractivity contribution >= 4 is 5.69 Å². The molecule has 1 aromatic rings. The molecule has 0 bridgehead atoms. The first-order valence-electron chi connectivity index (χ1n) is 5.02. The number of alkyl halides is 7. The lowest BCUT2D eigenvalue weighted by atomic mass is 9.88. The van der Waals surface area contributed by atoms with Gasteiger partial charge in [0, 0.05) is 11.3 Å². The van der Waals surface area contributed by atoms with Gasteiger partial charge in [-0.3, -0.25) is 0 Å². The van der Waals surface area contributed by atoms with Gasteiger partial charge < -0.3 is 5.73 Å². The van der Waals surface area contributed by atoms with E-state index in [1.807, 2.05) is 0 Å². The van der Waals surface area contributed by atoms with Crippen molar-refractivity contribution in [2.45, 2.75) is 31.9 Å². The summed E-state index contributed by atoms with van der Waals surface area (Å²) in [5, 5.41) is 0. The maximum absolute atomic E-state index is 13.8.